The Morgan fingerprint density at radius 3 is 2.33 bits per heavy atom. The molecule has 4 heteroatoms. The standard InChI is InChI=1S/C14H30N2O2/c1-5-8-9-13(15)14(17)16(10-11-18-4)12(6-2)7-3/h12-13H,5-11,15H2,1-4H3/t13-/m0/s1. The fourth-order valence-electron chi connectivity index (χ4n) is 2.15. The first-order valence-electron chi connectivity index (χ1n) is 7.17. The molecule has 0 fully saturated rings. The van der Waals surface area contributed by atoms with Crippen LogP contribution in [-0.4, -0.2) is 43.2 Å². The maximum absolute atomic E-state index is 12.4. The zero-order chi connectivity index (χ0) is 14.0. The van der Waals surface area contributed by atoms with E-state index < -0.39 is 0 Å². The Kier molecular flexibility index (Phi) is 9.98. The van der Waals surface area contributed by atoms with Crippen molar-refractivity contribution in [2.24, 2.45) is 5.73 Å². The molecule has 0 heterocycles. The highest BCUT2D eigenvalue weighted by Gasteiger charge is 2.25. The Balaban J connectivity index is 4.55. The number of ether oxygens (including phenoxy) is 1. The van der Waals surface area contributed by atoms with Crippen molar-refractivity contribution in [3.8, 4) is 0 Å². The molecule has 0 aliphatic rings. The van der Waals surface area contributed by atoms with Gasteiger partial charge in [-0.3, -0.25) is 4.79 Å². The van der Waals surface area contributed by atoms with Gasteiger partial charge < -0.3 is 15.4 Å². The number of rotatable bonds is 10. The van der Waals surface area contributed by atoms with Crippen LogP contribution in [0.25, 0.3) is 0 Å². The van der Waals surface area contributed by atoms with Gasteiger partial charge in [-0.25, -0.2) is 0 Å². The van der Waals surface area contributed by atoms with Crippen LogP contribution in [0.2, 0.25) is 0 Å². The summed E-state index contributed by atoms with van der Waals surface area (Å²) in [5.74, 6) is 0.0780. The van der Waals surface area contributed by atoms with E-state index in [2.05, 4.69) is 20.8 Å². The molecule has 0 aromatic rings. The molecule has 0 aromatic heterocycles. The SMILES string of the molecule is CCCC[C@H](N)C(=O)N(CCOC)C(CC)CC. The summed E-state index contributed by atoms with van der Waals surface area (Å²) in [7, 11) is 1.66. The van der Waals surface area contributed by atoms with E-state index in [0.29, 0.717) is 13.2 Å². The quantitative estimate of drug-likeness (QED) is 0.653. The molecule has 0 radical (unpaired) electrons. The molecule has 0 spiro atoms. The average molecular weight is 258 g/mol. The molecule has 0 saturated heterocycles. The second-order valence-electron chi connectivity index (χ2n) is 4.74. The molecule has 0 aliphatic heterocycles. The highest BCUT2D eigenvalue weighted by atomic mass is 16.5. The summed E-state index contributed by atoms with van der Waals surface area (Å²) in [4.78, 5) is 14.3. The Morgan fingerprint density at radius 1 is 1.28 bits per heavy atom. The van der Waals surface area contributed by atoms with Gasteiger partial charge in [-0.2, -0.15) is 0 Å². The fraction of sp³-hybridized carbons (Fsp3) is 0.929. The summed E-state index contributed by atoms with van der Waals surface area (Å²) >= 11 is 0. The molecular weight excluding hydrogens is 228 g/mol. The number of hydrogen-bond acceptors (Lipinski definition) is 3. The molecule has 0 rings (SSSR count). The van der Waals surface area contributed by atoms with E-state index in [4.69, 9.17) is 10.5 Å². The van der Waals surface area contributed by atoms with E-state index in [9.17, 15) is 4.79 Å². The zero-order valence-corrected chi connectivity index (χ0v) is 12.4. The van der Waals surface area contributed by atoms with Gasteiger partial charge in [-0.05, 0) is 19.3 Å². The molecule has 1 amide bonds. The van der Waals surface area contributed by atoms with Crippen molar-refractivity contribution in [1.82, 2.24) is 4.90 Å². The maximum atomic E-state index is 12.4. The molecule has 1 atom stereocenters. The lowest BCUT2D eigenvalue weighted by atomic mass is 10.1. The first-order chi connectivity index (χ1) is 8.62. The second kappa shape index (κ2) is 10.3. The van der Waals surface area contributed by atoms with Crippen LogP contribution < -0.4 is 5.73 Å². The smallest absolute Gasteiger partial charge is 0.239 e. The van der Waals surface area contributed by atoms with Crippen LogP contribution in [0.1, 0.15) is 52.9 Å². The largest absolute Gasteiger partial charge is 0.383 e. The van der Waals surface area contributed by atoms with Crippen LogP contribution in [0.3, 0.4) is 0 Å². The predicted octanol–water partition coefficient (Wildman–Crippen LogP) is 2.17. The molecule has 18 heavy (non-hydrogen) atoms. The van der Waals surface area contributed by atoms with Gasteiger partial charge in [-0.1, -0.05) is 33.6 Å². The number of hydrogen-bond donors (Lipinski definition) is 1. The van der Waals surface area contributed by atoms with Gasteiger partial charge in [-0.15, -0.1) is 0 Å². The minimum Gasteiger partial charge on any atom is -0.383 e. The number of amides is 1. The van der Waals surface area contributed by atoms with Crippen molar-refractivity contribution < 1.29 is 9.53 Å². The van der Waals surface area contributed by atoms with Crippen molar-refractivity contribution in [3.05, 3.63) is 0 Å². The van der Waals surface area contributed by atoms with Crippen molar-refractivity contribution in [3.63, 3.8) is 0 Å². The third kappa shape index (κ3) is 5.83. The van der Waals surface area contributed by atoms with Gasteiger partial charge in [0, 0.05) is 19.7 Å². The number of methoxy groups -OCH3 is 1. The summed E-state index contributed by atoms with van der Waals surface area (Å²) in [6.07, 6.45) is 4.79. The third-order valence-electron chi connectivity index (χ3n) is 3.39. The number of nitrogens with two attached hydrogens (primary N) is 1. The van der Waals surface area contributed by atoms with Gasteiger partial charge >= 0.3 is 0 Å². The fourth-order valence-corrected chi connectivity index (χ4v) is 2.15. The summed E-state index contributed by atoms with van der Waals surface area (Å²) < 4.78 is 5.09. The summed E-state index contributed by atoms with van der Waals surface area (Å²) in [6.45, 7) is 7.54. The van der Waals surface area contributed by atoms with Crippen molar-refractivity contribution in [1.29, 1.82) is 0 Å². The van der Waals surface area contributed by atoms with Gasteiger partial charge in [0.1, 0.15) is 0 Å². The van der Waals surface area contributed by atoms with Crippen LogP contribution in [0, 0.1) is 0 Å². The lowest BCUT2D eigenvalue weighted by molar-refractivity contribution is -0.136. The highest BCUT2D eigenvalue weighted by Crippen LogP contribution is 2.12. The Bertz CT molecular complexity index is 218. The third-order valence-corrected chi connectivity index (χ3v) is 3.39. The van der Waals surface area contributed by atoms with E-state index in [1.54, 1.807) is 7.11 Å². The average Bonchev–Trinajstić information content (AvgIpc) is 2.40. The number of carbonyl (C=O) groups excluding carboxylic acids is 1. The normalized spacial score (nSPS) is 12.8. The Morgan fingerprint density at radius 2 is 1.89 bits per heavy atom. The van der Waals surface area contributed by atoms with Crippen LogP contribution >= 0.6 is 0 Å². The van der Waals surface area contributed by atoms with Crippen LogP contribution in [0.15, 0.2) is 0 Å². The molecule has 0 aliphatic carbocycles. The molecular formula is C14H30N2O2. The first-order valence-corrected chi connectivity index (χ1v) is 7.17. The van der Waals surface area contributed by atoms with Crippen molar-refractivity contribution >= 4 is 5.91 Å². The van der Waals surface area contributed by atoms with Crippen LogP contribution in [0.4, 0.5) is 0 Å². The maximum Gasteiger partial charge on any atom is 0.239 e. The Hall–Kier alpha value is -0.610. The molecule has 0 unspecified atom stereocenters. The van der Waals surface area contributed by atoms with Crippen LogP contribution in [-0.2, 0) is 9.53 Å². The van der Waals surface area contributed by atoms with E-state index in [0.717, 1.165) is 32.1 Å². The number of carbonyl (C=O) groups is 1. The monoisotopic (exact) mass is 258 g/mol. The number of nitrogens with zero attached hydrogens (tertiary/aromatic N) is 1. The molecule has 108 valence electrons. The van der Waals surface area contributed by atoms with Gasteiger partial charge in [0.15, 0.2) is 0 Å². The molecule has 0 saturated carbocycles. The van der Waals surface area contributed by atoms with Gasteiger partial charge in [0.25, 0.3) is 0 Å². The lowest BCUT2D eigenvalue weighted by Gasteiger charge is -2.32. The lowest BCUT2D eigenvalue weighted by Crippen LogP contribution is -2.49. The summed E-state index contributed by atoms with van der Waals surface area (Å²) in [6, 6.07) is -0.0808. The molecule has 2 N–H and O–H groups in total. The zero-order valence-electron chi connectivity index (χ0n) is 12.4. The van der Waals surface area contributed by atoms with Crippen LogP contribution in [0.5, 0.6) is 0 Å². The van der Waals surface area contributed by atoms with E-state index in [1.807, 2.05) is 4.90 Å². The predicted molar refractivity (Wildman–Crippen MR) is 75.5 cm³/mol. The molecule has 4 nitrogen and oxygen atoms in total. The number of unbranched alkanes of at least 4 members (excludes halogenated alkanes) is 1. The minimum absolute atomic E-state index is 0.0780. The minimum atomic E-state index is -0.359. The van der Waals surface area contributed by atoms with Crippen molar-refractivity contribution in [2.75, 3.05) is 20.3 Å². The summed E-state index contributed by atoms with van der Waals surface area (Å²) in [5.41, 5.74) is 5.99. The van der Waals surface area contributed by atoms with Gasteiger partial charge in [0.05, 0.1) is 12.6 Å². The Labute approximate surface area is 112 Å². The molecule has 0 aromatic carbocycles. The van der Waals surface area contributed by atoms with E-state index in [1.165, 1.54) is 0 Å². The van der Waals surface area contributed by atoms with E-state index in [-0.39, 0.29) is 18.0 Å². The topological polar surface area (TPSA) is 55.6 Å². The second-order valence-corrected chi connectivity index (χ2v) is 4.74. The highest BCUT2D eigenvalue weighted by molar-refractivity contribution is 5.81. The van der Waals surface area contributed by atoms with Gasteiger partial charge in [0.2, 0.25) is 5.91 Å². The summed E-state index contributed by atoms with van der Waals surface area (Å²) in [5, 5.41) is 0. The van der Waals surface area contributed by atoms with E-state index >= 15 is 0 Å². The molecule has 0 bridgehead atoms. The first kappa shape index (κ1) is 17.4. The van der Waals surface area contributed by atoms with Crippen molar-refractivity contribution in [2.45, 2.75) is 65.0 Å².